The van der Waals surface area contributed by atoms with Crippen LogP contribution in [0.5, 0.6) is 0 Å². The number of nitrogens with one attached hydrogen (secondary N) is 1. The number of hydrogen-bond donors (Lipinski definition) is 1. The normalized spacial score (nSPS) is 16.9. The van der Waals surface area contributed by atoms with E-state index in [1.165, 1.54) is 4.90 Å². The number of nitrogens with zero attached hydrogens (tertiary/aromatic N) is 2. The second-order valence-electron chi connectivity index (χ2n) is 5.41. The highest BCUT2D eigenvalue weighted by Crippen LogP contribution is 2.18. The predicted molar refractivity (Wildman–Crippen MR) is 101 cm³/mol. The molecule has 2 rings (SSSR count). The molecule has 0 aromatic heterocycles. The highest BCUT2D eigenvalue weighted by molar-refractivity contribution is 7.80. The maximum absolute atomic E-state index is 12.5. The first kappa shape index (κ1) is 17.9. The molecule has 1 aromatic carbocycles. The number of amides is 2. The Morgan fingerprint density at radius 2 is 1.92 bits per heavy atom. The van der Waals surface area contributed by atoms with Crippen LogP contribution in [0, 0.1) is 0 Å². The number of carbonyl (C=O) groups excluding carboxylic acids is 2. The van der Waals surface area contributed by atoms with Crippen LogP contribution in [0.15, 0.2) is 42.0 Å². The van der Waals surface area contributed by atoms with E-state index in [0.29, 0.717) is 6.54 Å². The number of carbonyl (C=O) groups is 2. The highest BCUT2D eigenvalue weighted by Gasteiger charge is 2.32. The Morgan fingerprint density at radius 3 is 2.50 bits per heavy atom. The molecule has 0 atom stereocenters. The summed E-state index contributed by atoms with van der Waals surface area (Å²) in [4.78, 5) is 28.1. The van der Waals surface area contributed by atoms with E-state index >= 15 is 0 Å². The fraction of sp³-hybridized carbons (Fsp3) is 0.278. The van der Waals surface area contributed by atoms with E-state index in [9.17, 15) is 9.59 Å². The van der Waals surface area contributed by atoms with Crippen LogP contribution in [0.1, 0.15) is 19.4 Å². The van der Waals surface area contributed by atoms with Crippen molar-refractivity contribution in [1.29, 1.82) is 0 Å². The molecule has 1 aliphatic rings. The third-order valence-corrected chi connectivity index (χ3v) is 4.15. The molecular formula is C18H21N3O2S. The van der Waals surface area contributed by atoms with Crippen LogP contribution in [0.2, 0.25) is 0 Å². The van der Waals surface area contributed by atoms with Gasteiger partial charge in [-0.15, -0.1) is 0 Å². The molecule has 126 valence electrons. The van der Waals surface area contributed by atoms with Crippen molar-refractivity contribution < 1.29 is 9.59 Å². The minimum absolute atomic E-state index is 0.0877. The summed E-state index contributed by atoms with van der Waals surface area (Å²) in [6.45, 7) is 5.18. The van der Waals surface area contributed by atoms with Crippen LogP contribution >= 0.6 is 12.2 Å². The smallest absolute Gasteiger partial charge is 0.265 e. The van der Waals surface area contributed by atoms with Gasteiger partial charge in [0, 0.05) is 25.8 Å². The Labute approximate surface area is 147 Å². The molecule has 6 heteroatoms. The van der Waals surface area contributed by atoms with Crippen molar-refractivity contribution >= 4 is 40.9 Å². The van der Waals surface area contributed by atoms with E-state index in [4.69, 9.17) is 12.2 Å². The number of benzene rings is 1. The lowest BCUT2D eigenvalue weighted by atomic mass is 10.1. The van der Waals surface area contributed by atoms with Crippen molar-refractivity contribution in [2.24, 2.45) is 0 Å². The summed E-state index contributed by atoms with van der Waals surface area (Å²) < 4.78 is 0. The minimum atomic E-state index is -0.462. The van der Waals surface area contributed by atoms with Gasteiger partial charge in [0.1, 0.15) is 5.57 Å². The van der Waals surface area contributed by atoms with Crippen LogP contribution in [0.3, 0.4) is 0 Å². The SMILES string of the molecule is CC=CCN1C(=O)C(=Cc2ccc(N(C)CC)cc2)C(=O)NC1=S. The maximum Gasteiger partial charge on any atom is 0.265 e. The van der Waals surface area contributed by atoms with Gasteiger partial charge in [-0.2, -0.15) is 0 Å². The molecule has 1 N–H and O–H groups in total. The zero-order valence-corrected chi connectivity index (χ0v) is 14.9. The third-order valence-electron chi connectivity index (χ3n) is 3.83. The summed E-state index contributed by atoms with van der Waals surface area (Å²) in [7, 11) is 2.01. The molecule has 1 heterocycles. The summed E-state index contributed by atoms with van der Waals surface area (Å²) in [6, 6.07) is 7.70. The molecule has 1 aromatic rings. The van der Waals surface area contributed by atoms with Gasteiger partial charge in [0.2, 0.25) is 0 Å². The van der Waals surface area contributed by atoms with Gasteiger partial charge in [0.25, 0.3) is 11.8 Å². The van der Waals surface area contributed by atoms with Crippen LogP contribution in [-0.2, 0) is 9.59 Å². The Kier molecular flexibility index (Phi) is 5.87. The summed E-state index contributed by atoms with van der Waals surface area (Å²) in [5.74, 6) is -0.840. The topological polar surface area (TPSA) is 52.7 Å². The molecule has 0 saturated carbocycles. The third kappa shape index (κ3) is 3.89. The summed E-state index contributed by atoms with van der Waals surface area (Å²) >= 11 is 5.08. The van der Waals surface area contributed by atoms with Gasteiger partial charge in [-0.25, -0.2) is 0 Å². The number of hydrogen-bond acceptors (Lipinski definition) is 4. The fourth-order valence-electron chi connectivity index (χ4n) is 2.24. The molecular weight excluding hydrogens is 322 g/mol. The minimum Gasteiger partial charge on any atom is -0.375 e. The molecule has 0 spiro atoms. The lowest BCUT2D eigenvalue weighted by Crippen LogP contribution is -2.53. The van der Waals surface area contributed by atoms with E-state index < -0.39 is 5.91 Å². The van der Waals surface area contributed by atoms with Gasteiger partial charge < -0.3 is 4.90 Å². The van der Waals surface area contributed by atoms with E-state index in [2.05, 4.69) is 17.1 Å². The second-order valence-corrected chi connectivity index (χ2v) is 5.79. The van der Waals surface area contributed by atoms with Crippen molar-refractivity contribution in [3.8, 4) is 0 Å². The first-order valence-electron chi connectivity index (χ1n) is 7.79. The van der Waals surface area contributed by atoms with Gasteiger partial charge >= 0.3 is 0 Å². The molecule has 1 saturated heterocycles. The van der Waals surface area contributed by atoms with Crippen LogP contribution in [0.4, 0.5) is 5.69 Å². The van der Waals surface area contributed by atoms with E-state index in [1.807, 2.05) is 50.4 Å². The van der Waals surface area contributed by atoms with Gasteiger partial charge in [0.15, 0.2) is 5.11 Å². The number of rotatable bonds is 5. The molecule has 0 bridgehead atoms. The number of anilines is 1. The second kappa shape index (κ2) is 7.88. The van der Waals surface area contributed by atoms with Gasteiger partial charge in [-0.05, 0) is 49.8 Å². The van der Waals surface area contributed by atoms with Crippen LogP contribution in [0.25, 0.3) is 6.08 Å². The van der Waals surface area contributed by atoms with Crippen molar-refractivity contribution in [2.45, 2.75) is 13.8 Å². The average Bonchev–Trinajstić information content (AvgIpc) is 2.58. The maximum atomic E-state index is 12.5. The molecule has 0 aliphatic carbocycles. The van der Waals surface area contributed by atoms with Gasteiger partial charge in [-0.1, -0.05) is 24.3 Å². The number of allylic oxidation sites excluding steroid dienone is 1. The van der Waals surface area contributed by atoms with E-state index in [1.54, 1.807) is 6.08 Å². The van der Waals surface area contributed by atoms with Crippen LogP contribution in [-0.4, -0.2) is 42.0 Å². The molecule has 2 amide bonds. The quantitative estimate of drug-likeness (QED) is 0.386. The molecule has 0 radical (unpaired) electrons. The summed E-state index contributed by atoms with van der Waals surface area (Å²) in [6.07, 6.45) is 5.24. The largest absolute Gasteiger partial charge is 0.375 e. The molecule has 0 unspecified atom stereocenters. The first-order valence-corrected chi connectivity index (χ1v) is 8.20. The van der Waals surface area contributed by atoms with Crippen LogP contribution < -0.4 is 10.2 Å². The zero-order chi connectivity index (χ0) is 17.7. The van der Waals surface area contributed by atoms with Crippen molar-refractivity contribution in [2.75, 3.05) is 25.0 Å². The Morgan fingerprint density at radius 1 is 1.25 bits per heavy atom. The lowest BCUT2D eigenvalue weighted by molar-refractivity contribution is -0.128. The zero-order valence-electron chi connectivity index (χ0n) is 14.1. The van der Waals surface area contributed by atoms with Gasteiger partial charge in [-0.3, -0.25) is 19.8 Å². The summed E-state index contributed by atoms with van der Waals surface area (Å²) in [5.41, 5.74) is 1.96. The molecule has 1 aliphatic heterocycles. The predicted octanol–water partition coefficient (Wildman–Crippen LogP) is 2.35. The standard InChI is InChI=1S/C18H21N3O2S/c1-4-6-11-21-17(23)15(16(22)19-18(21)24)12-13-7-9-14(10-8-13)20(3)5-2/h4,6-10,12H,5,11H2,1-3H3,(H,19,22,24). The van der Waals surface area contributed by atoms with E-state index in [-0.39, 0.29) is 16.6 Å². The number of thiocarbonyl (C=S) groups is 1. The molecule has 24 heavy (non-hydrogen) atoms. The Balaban J connectivity index is 2.27. The van der Waals surface area contributed by atoms with Crippen molar-refractivity contribution in [3.05, 3.63) is 47.6 Å². The Bertz CT molecular complexity index is 707. The fourth-order valence-corrected chi connectivity index (χ4v) is 2.50. The lowest BCUT2D eigenvalue weighted by Gasteiger charge is -2.27. The highest BCUT2D eigenvalue weighted by atomic mass is 32.1. The first-order chi connectivity index (χ1) is 11.5. The molecule has 1 fully saturated rings. The van der Waals surface area contributed by atoms with Crippen molar-refractivity contribution in [1.82, 2.24) is 10.2 Å². The average molecular weight is 343 g/mol. The van der Waals surface area contributed by atoms with Crippen molar-refractivity contribution in [3.63, 3.8) is 0 Å². The summed E-state index contributed by atoms with van der Waals surface area (Å²) in [5, 5.41) is 2.70. The van der Waals surface area contributed by atoms with E-state index in [0.717, 1.165) is 17.8 Å². The molecule has 5 nitrogen and oxygen atoms in total. The van der Waals surface area contributed by atoms with Gasteiger partial charge in [0.05, 0.1) is 0 Å². The monoisotopic (exact) mass is 343 g/mol. The Hall–Kier alpha value is -2.47.